The smallest absolute Gasteiger partial charge is 0.323 e. The van der Waals surface area contributed by atoms with Crippen LogP contribution in [0, 0.1) is 13.8 Å². The maximum atomic E-state index is 11.0. The fraction of sp³-hybridized carbons (Fsp3) is 0.231. The number of carboxylic acids is 1. The van der Waals surface area contributed by atoms with E-state index in [1.165, 1.54) is 0 Å². The molecule has 1 heterocycles. The first-order valence-corrected chi connectivity index (χ1v) is 5.94. The third kappa shape index (κ3) is 2.62. The Balaban J connectivity index is 2.57. The lowest BCUT2D eigenvalue weighted by Gasteiger charge is -2.07. The fourth-order valence-corrected chi connectivity index (χ4v) is 1.96. The molecule has 1 aromatic heterocycles. The maximum Gasteiger partial charge on any atom is 0.323 e. The topological polar surface area (TPSA) is 104 Å². The minimum atomic E-state index is -0.932. The Kier molecular flexibility index (Phi) is 3.72. The standard InChI is InChI=1S/C13H13N5O2/c1-8-9(2)18(7-12(19)20)13(15-8)10-4-3-5-11(6-10)16-17-14/h3-6H,7H2,1-2H3,(H,19,20). The number of carboxylic acid groups (broad SMARTS) is 1. The second-order valence-electron chi connectivity index (χ2n) is 4.33. The monoisotopic (exact) mass is 271 g/mol. The highest BCUT2D eigenvalue weighted by molar-refractivity contribution is 5.69. The first kappa shape index (κ1) is 13.6. The number of aryl methyl sites for hydroxylation is 1. The molecule has 0 saturated carbocycles. The number of aliphatic carboxylic acids is 1. The molecule has 0 unspecified atom stereocenters. The van der Waals surface area contributed by atoms with Crippen molar-refractivity contribution in [2.45, 2.75) is 20.4 Å². The van der Waals surface area contributed by atoms with Crippen LogP contribution in [0.15, 0.2) is 29.4 Å². The lowest BCUT2D eigenvalue weighted by molar-refractivity contribution is -0.137. The molecule has 2 aromatic rings. The van der Waals surface area contributed by atoms with Gasteiger partial charge in [-0.1, -0.05) is 23.3 Å². The molecule has 0 aliphatic rings. The van der Waals surface area contributed by atoms with Crippen molar-refractivity contribution in [3.63, 3.8) is 0 Å². The lowest BCUT2D eigenvalue weighted by atomic mass is 10.2. The van der Waals surface area contributed by atoms with Crippen molar-refractivity contribution in [2.24, 2.45) is 5.11 Å². The highest BCUT2D eigenvalue weighted by Crippen LogP contribution is 2.25. The van der Waals surface area contributed by atoms with Gasteiger partial charge in [0.2, 0.25) is 0 Å². The number of rotatable bonds is 4. The van der Waals surface area contributed by atoms with Gasteiger partial charge in [0.1, 0.15) is 12.4 Å². The summed E-state index contributed by atoms with van der Waals surface area (Å²) in [5, 5.41) is 12.5. The van der Waals surface area contributed by atoms with E-state index in [0.717, 1.165) is 11.4 Å². The van der Waals surface area contributed by atoms with Crippen LogP contribution in [0.3, 0.4) is 0 Å². The number of benzene rings is 1. The van der Waals surface area contributed by atoms with E-state index in [1.54, 1.807) is 28.8 Å². The molecule has 0 radical (unpaired) electrons. The Hall–Kier alpha value is -2.79. The van der Waals surface area contributed by atoms with Crippen LogP contribution in [0.5, 0.6) is 0 Å². The van der Waals surface area contributed by atoms with Crippen LogP contribution in [-0.4, -0.2) is 20.6 Å². The van der Waals surface area contributed by atoms with Gasteiger partial charge in [0, 0.05) is 21.9 Å². The number of azide groups is 1. The number of aromatic nitrogens is 2. The zero-order chi connectivity index (χ0) is 14.7. The second-order valence-corrected chi connectivity index (χ2v) is 4.33. The largest absolute Gasteiger partial charge is 0.480 e. The molecule has 0 aliphatic carbocycles. The predicted molar refractivity (Wildman–Crippen MR) is 73.6 cm³/mol. The summed E-state index contributed by atoms with van der Waals surface area (Å²) in [5.74, 6) is -0.379. The van der Waals surface area contributed by atoms with Crippen molar-refractivity contribution in [3.05, 3.63) is 46.1 Å². The Morgan fingerprint density at radius 3 is 2.90 bits per heavy atom. The third-order valence-corrected chi connectivity index (χ3v) is 3.02. The molecule has 0 spiro atoms. The number of imidazole rings is 1. The van der Waals surface area contributed by atoms with Crippen molar-refractivity contribution >= 4 is 11.7 Å². The van der Waals surface area contributed by atoms with Crippen molar-refractivity contribution in [3.8, 4) is 11.4 Å². The summed E-state index contributed by atoms with van der Waals surface area (Å²) in [6.45, 7) is 3.49. The second kappa shape index (κ2) is 5.46. The van der Waals surface area contributed by atoms with E-state index < -0.39 is 5.97 Å². The van der Waals surface area contributed by atoms with E-state index in [-0.39, 0.29) is 6.54 Å². The molecule has 0 saturated heterocycles. The highest BCUT2D eigenvalue weighted by Gasteiger charge is 2.15. The number of nitrogens with zero attached hydrogens (tertiary/aromatic N) is 5. The zero-order valence-electron chi connectivity index (χ0n) is 11.1. The molecule has 0 aliphatic heterocycles. The van der Waals surface area contributed by atoms with Gasteiger partial charge < -0.3 is 9.67 Å². The van der Waals surface area contributed by atoms with Gasteiger partial charge in [0.25, 0.3) is 0 Å². The molecule has 0 bridgehead atoms. The number of hydrogen-bond acceptors (Lipinski definition) is 3. The van der Waals surface area contributed by atoms with E-state index in [1.807, 2.05) is 13.8 Å². The van der Waals surface area contributed by atoms with Crippen LogP contribution >= 0.6 is 0 Å². The average molecular weight is 271 g/mol. The summed E-state index contributed by atoms with van der Waals surface area (Å²) in [4.78, 5) is 18.1. The normalized spacial score (nSPS) is 10.1. The Morgan fingerprint density at radius 1 is 1.50 bits per heavy atom. The van der Waals surface area contributed by atoms with Gasteiger partial charge in [-0.3, -0.25) is 4.79 Å². The number of hydrogen-bond donors (Lipinski definition) is 1. The van der Waals surface area contributed by atoms with E-state index in [2.05, 4.69) is 15.0 Å². The van der Waals surface area contributed by atoms with Crippen LogP contribution in [-0.2, 0) is 11.3 Å². The highest BCUT2D eigenvalue weighted by atomic mass is 16.4. The molecule has 102 valence electrons. The van der Waals surface area contributed by atoms with E-state index in [9.17, 15) is 4.79 Å². The van der Waals surface area contributed by atoms with Gasteiger partial charge in [0.05, 0.1) is 5.69 Å². The molecule has 1 aromatic carbocycles. The summed E-state index contributed by atoms with van der Waals surface area (Å²) in [5.41, 5.74) is 11.2. The summed E-state index contributed by atoms with van der Waals surface area (Å²) >= 11 is 0. The van der Waals surface area contributed by atoms with Gasteiger partial charge in [0.15, 0.2) is 0 Å². The summed E-state index contributed by atoms with van der Waals surface area (Å²) in [6.07, 6.45) is 0. The van der Waals surface area contributed by atoms with Gasteiger partial charge in [-0.05, 0) is 25.4 Å². The Morgan fingerprint density at radius 2 is 2.25 bits per heavy atom. The summed E-state index contributed by atoms with van der Waals surface area (Å²) < 4.78 is 1.63. The van der Waals surface area contributed by atoms with E-state index in [4.69, 9.17) is 10.6 Å². The van der Waals surface area contributed by atoms with Crippen LogP contribution in [0.1, 0.15) is 11.4 Å². The zero-order valence-corrected chi connectivity index (χ0v) is 11.1. The number of carbonyl (C=O) groups is 1. The van der Waals surface area contributed by atoms with Crippen LogP contribution in [0.25, 0.3) is 21.8 Å². The van der Waals surface area contributed by atoms with Gasteiger partial charge in [-0.15, -0.1) is 0 Å². The first-order chi connectivity index (χ1) is 9.52. The van der Waals surface area contributed by atoms with Crippen LogP contribution in [0.2, 0.25) is 0 Å². The minimum absolute atomic E-state index is 0.159. The maximum absolute atomic E-state index is 11.0. The Bertz CT molecular complexity index is 714. The molecule has 0 amide bonds. The van der Waals surface area contributed by atoms with E-state index in [0.29, 0.717) is 17.1 Å². The van der Waals surface area contributed by atoms with Crippen LogP contribution in [0.4, 0.5) is 5.69 Å². The molecule has 2 rings (SSSR count). The van der Waals surface area contributed by atoms with Crippen LogP contribution < -0.4 is 0 Å². The molecule has 0 atom stereocenters. The quantitative estimate of drug-likeness (QED) is 0.524. The molecule has 7 nitrogen and oxygen atoms in total. The Labute approximate surface area is 115 Å². The molecule has 7 heteroatoms. The molecule has 1 N–H and O–H groups in total. The lowest BCUT2D eigenvalue weighted by Crippen LogP contribution is -2.11. The SMILES string of the molecule is Cc1nc(-c2cccc(N=[N+]=[N-])c2)n(CC(=O)O)c1C. The predicted octanol–water partition coefficient (Wildman–Crippen LogP) is 3.19. The minimum Gasteiger partial charge on any atom is -0.480 e. The average Bonchev–Trinajstić information content (AvgIpc) is 2.67. The van der Waals surface area contributed by atoms with Crippen molar-refractivity contribution < 1.29 is 9.90 Å². The van der Waals surface area contributed by atoms with Crippen molar-refractivity contribution in [1.29, 1.82) is 0 Å². The first-order valence-electron chi connectivity index (χ1n) is 5.94. The van der Waals surface area contributed by atoms with Crippen molar-refractivity contribution in [1.82, 2.24) is 9.55 Å². The van der Waals surface area contributed by atoms with Gasteiger partial charge in [-0.25, -0.2) is 4.98 Å². The summed E-state index contributed by atoms with van der Waals surface area (Å²) in [6, 6.07) is 6.90. The molecule has 0 fully saturated rings. The molecule has 20 heavy (non-hydrogen) atoms. The van der Waals surface area contributed by atoms with Gasteiger partial charge >= 0.3 is 5.97 Å². The molecular formula is C13H13N5O2. The fourth-order valence-electron chi connectivity index (χ4n) is 1.96. The summed E-state index contributed by atoms with van der Waals surface area (Å²) in [7, 11) is 0. The van der Waals surface area contributed by atoms with Crippen molar-refractivity contribution in [2.75, 3.05) is 0 Å². The van der Waals surface area contributed by atoms with Gasteiger partial charge in [-0.2, -0.15) is 0 Å². The van der Waals surface area contributed by atoms with E-state index >= 15 is 0 Å². The third-order valence-electron chi connectivity index (χ3n) is 3.02. The molecular weight excluding hydrogens is 258 g/mol.